The van der Waals surface area contributed by atoms with Crippen LogP contribution < -0.4 is 11.5 Å². The molecule has 2 atom stereocenters. The molecule has 0 bridgehead atoms. The SMILES string of the molecule is NCCCC[C@H](N)C(=O)OC(CN=C=O)N=C=O. The maximum absolute atomic E-state index is 11.5. The van der Waals surface area contributed by atoms with Crippen LogP contribution in [0.3, 0.4) is 0 Å². The molecule has 0 aromatic heterocycles. The average Bonchev–Trinajstić information content (AvgIpc) is 2.36. The molecular weight excluding hydrogens is 240 g/mol. The molecule has 0 aromatic rings. The Hall–Kier alpha value is -1.85. The molecule has 0 heterocycles. The van der Waals surface area contributed by atoms with E-state index in [0.717, 1.165) is 6.42 Å². The van der Waals surface area contributed by atoms with Crippen LogP contribution in [-0.2, 0) is 19.1 Å². The maximum atomic E-state index is 11.5. The molecule has 8 heteroatoms. The largest absolute Gasteiger partial charge is 0.436 e. The summed E-state index contributed by atoms with van der Waals surface area (Å²) in [5.74, 6) is -0.711. The van der Waals surface area contributed by atoms with E-state index in [1.165, 1.54) is 12.2 Å². The Labute approximate surface area is 104 Å². The van der Waals surface area contributed by atoms with Crippen molar-refractivity contribution in [2.45, 2.75) is 31.5 Å². The van der Waals surface area contributed by atoms with Crippen molar-refractivity contribution >= 4 is 18.1 Å². The highest BCUT2D eigenvalue weighted by Crippen LogP contribution is 2.03. The standard InChI is InChI=1S/C10H16N4O4/c11-4-2-1-3-8(12)10(17)18-9(14-7-16)5-13-6-15/h8-9H,1-5,11-12H2/t8-,9?/m0/s1. The number of ether oxygens (including phenoxy) is 1. The highest BCUT2D eigenvalue weighted by atomic mass is 16.6. The third-order valence-electron chi connectivity index (χ3n) is 2.03. The van der Waals surface area contributed by atoms with Gasteiger partial charge in [-0.2, -0.15) is 9.98 Å². The van der Waals surface area contributed by atoms with Crippen molar-refractivity contribution in [1.82, 2.24) is 0 Å². The molecule has 1 unspecified atom stereocenters. The molecule has 0 amide bonds. The van der Waals surface area contributed by atoms with Gasteiger partial charge in [0, 0.05) is 0 Å². The highest BCUT2D eigenvalue weighted by molar-refractivity contribution is 5.75. The molecule has 0 fully saturated rings. The first kappa shape index (κ1) is 16.1. The van der Waals surface area contributed by atoms with Crippen molar-refractivity contribution in [3.8, 4) is 0 Å². The Bertz CT molecular complexity index is 348. The number of aliphatic imine (C=N–C) groups is 2. The molecular formula is C10H16N4O4. The van der Waals surface area contributed by atoms with Crippen LogP contribution in [0.2, 0.25) is 0 Å². The Morgan fingerprint density at radius 2 is 2.00 bits per heavy atom. The fourth-order valence-electron chi connectivity index (χ4n) is 1.13. The lowest BCUT2D eigenvalue weighted by atomic mass is 10.1. The van der Waals surface area contributed by atoms with E-state index < -0.39 is 18.2 Å². The van der Waals surface area contributed by atoms with E-state index in [1.54, 1.807) is 0 Å². The summed E-state index contributed by atoms with van der Waals surface area (Å²) in [6.07, 6.45) is 3.16. The molecule has 0 radical (unpaired) electrons. The fraction of sp³-hybridized carbons (Fsp3) is 0.700. The van der Waals surface area contributed by atoms with Gasteiger partial charge in [-0.1, -0.05) is 6.42 Å². The summed E-state index contributed by atoms with van der Waals surface area (Å²) in [6, 6.07) is -0.818. The normalized spacial score (nSPS) is 12.8. The van der Waals surface area contributed by atoms with Gasteiger partial charge in [-0.25, -0.2) is 9.59 Å². The van der Waals surface area contributed by atoms with E-state index in [-0.39, 0.29) is 6.54 Å². The molecule has 0 aliphatic rings. The van der Waals surface area contributed by atoms with E-state index in [9.17, 15) is 14.4 Å². The average molecular weight is 256 g/mol. The topological polar surface area (TPSA) is 137 Å². The number of nitrogens with zero attached hydrogens (tertiary/aromatic N) is 2. The van der Waals surface area contributed by atoms with Crippen LogP contribution in [0.5, 0.6) is 0 Å². The summed E-state index contributed by atoms with van der Waals surface area (Å²) < 4.78 is 4.79. The van der Waals surface area contributed by atoms with Crippen LogP contribution in [0.4, 0.5) is 0 Å². The van der Waals surface area contributed by atoms with Gasteiger partial charge in [-0.15, -0.1) is 0 Å². The fourth-order valence-corrected chi connectivity index (χ4v) is 1.13. The zero-order valence-corrected chi connectivity index (χ0v) is 9.87. The Kier molecular flexibility index (Phi) is 9.25. The summed E-state index contributed by atoms with van der Waals surface area (Å²) in [7, 11) is 0. The molecule has 0 spiro atoms. The van der Waals surface area contributed by atoms with E-state index in [1.807, 2.05) is 0 Å². The van der Waals surface area contributed by atoms with Gasteiger partial charge in [0.1, 0.15) is 12.6 Å². The van der Waals surface area contributed by atoms with Crippen molar-refractivity contribution in [3.05, 3.63) is 0 Å². The van der Waals surface area contributed by atoms with Crippen LogP contribution >= 0.6 is 0 Å². The predicted octanol–water partition coefficient (Wildman–Crippen LogP) is -1.02. The molecule has 100 valence electrons. The summed E-state index contributed by atoms with van der Waals surface area (Å²) in [6.45, 7) is 0.244. The van der Waals surface area contributed by atoms with Gasteiger partial charge in [0.25, 0.3) is 0 Å². The van der Waals surface area contributed by atoms with Crippen LogP contribution in [0.1, 0.15) is 19.3 Å². The maximum Gasteiger partial charge on any atom is 0.324 e. The molecule has 0 rings (SSSR count). The summed E-state index contributed by atoms with van der Waals surface area (Å²) in [5, 5.41) is 0. The number of carbonyl (C=O) groups is 1. The molecule has 0 aromatic carbocycles. The number of esters is 1. The lowest BCUT2D eigenvalue weighted by Gasteiger charge is -2.14. The van der Waals surface area contributed by atoms with Crippen molar-refractivity contribution < 1.29 is 19.1 Å². The van der Waals surface area contributed by atoms with E-state index in [0.29, 0.717) is 19.4 Å². The van der Waals surface area contributed by atoms with Crippen LogP contribution in [-0.4, -0.2) is 43.5 Å². The minimum atomic E-state index is -1.18. The number of nitrogens with two attached hydrogens (primary N) is 2. The number of hydrogen-bond acceptors (Lipinski definition) is 8. The monoisotopic (exact) mass is 256 g/mol. The number of carbonyl (C=O) groups excluding carboxylic acids is 3. The quantitative estimate of drug-likeness (QED) is 0.234. The second kappa shape index (κ2) is 10.3. The van der Waals surface area contributed by atoms with Gasteiger partial charge in [0.15, 0.2) is 0 Å². The molecule has 0 aliphatic heterocycles. The predicted molar refractivity (Wildman–Crippen MR) is 61.9 cm³/mol. The summed E-state index contributed by atoms with van der Waals surface area (Å²) >= 11 is 0. The van der Waals surface area contributed by atoms with Gasteiger partial charge in [-0.05, 0) is 19.4 Å². The van der Waals surface area contributed by atoms with Crippen LogP contribution in [0.25, 0.3) is 0 Å². The van der Waals surface area contributed by atoms with Gasteiger partial charge in [0.2, 0.25) is 18.4 Å². The van der Waals surface area contributed by atoms with Crippen LogP contribution in [0.15, 0.2) is 9.98 Å². The Morgan fingerprint density at radius 1 is 1.28 bits per heavy atom. The number of isocyanates is 2. The molecule has 0 saturated heterocycles. The first-order chi connectivity index (χ1) is 8.65. The van der Waals surface area contributed by atoms with Gasteiger partial charge in [0.05, 0.1) is 0 Å². The van der Waals surface area contributed by atoms with Crippen molar-refractivity contribution in [2.75, 3.05) is 13.1 Å². The highest BCUT2D eigenvalue weighted by Gasteiger charge is 2.19. The number of hydrogen-bond donors (Lipinski definition) is 2. The molecule has 18 heavy (non-hydrogen) atoms. The summed E-state index contributed by atoms with van der Waals surface area (Å²) in [4.78, 5) is 37.8. The minimum absolute atomic E-state index is 0.278. The first-order valence-electron chi connectivity index (χ1n) is 5.42. The zero-order valence-electron chi connectivity index (χ0n) is 9.87. The second-order valence-corrected chi connectivity index (χ2v) is 3.43. The van der Waals surface area contributed by atoms with E-state index in [4.69, 9.17) is 16.2 Å². The number of rotatable bonds is 9. The molecule has 8 nitrogen and oxygen atoms in total. The third-order valence-corrected chi connectivity index (χ3v) is 2.03. The van der Waals surface area contributed by atoms with Crippen molar-refractivity contribution in [2.24, 2.45) is 21.5 Å². The zero-order chi connectivity index (χ0) is 13.8. The smallest absolute Gasteiger partial charge is 0.324 e. The molecule has 4 N–H and O–H groups in total. The Morgan fingerprint density at radius 3 is 2.56 bits per heavy atom. The first-order valence-corrected chi connectivity index (χ1v) is 5.42. The lowest BCUT2D eigenvalue weighted by molar-refractivity contribution is -0.149. The van der Waals surface area contributed by atoms with Gasteiger partial charge in [-0.3, -0.25) is 4.79 Å². The minimum Gasteiger partial charge on any atom is -0.436 e. The second-order valence-electron chi connectivity index (χ2n) is 3.43. The number of unbranched alkanes of at least 4 members (excludes halogenated alkanes) is 1. The third kappa shape index (κ3) is 7.43. The molecule has 0 aliphatic carbocycles. The van der Waals surface area contributed by atoms with E-state index >= 15 is 0 Å². The van der Waals surface area contributed by atoms with Gasteiger partial charge < -0.3 is 16.2 Å². The lowest BCUT2D eigenvalue weighted by Crippen LogP contribution is -2.35. The molecule has 0 saturated carbocycles. The Balaban J connectivity index is 4.22. The van der Waals surface area contributed by atoms with Crippen LogP contribution in [0, 0.1) is 0 Å². The van der Waals surface area contributed by atoms with Gasteiger partial charge >= 0.3 is 5.97 Å². The van der Waals surface area contributed by atoms with Crippen molar-refractivity contribution in [1.29, 1.82) is 0 Å². The summed E-state index contributed by atoms with van der Waals surface area (Å²) in [5.41, 5.74) is 10.9. The van der Waals surface area contributed by atoms with Crippen molar-refractivity contribution in [3.63, 3.8) is 0 Å². The van der Waals surface area contributed by atoms with E-state index in [2.05, 4.69) is 9.98 Å².